The second-order valence-corrected chi connectivity index (χ2v) is 6.48. The Morgan fingerprint density at radius 3 is 2.73 bits per heavy atom. The van der Waals surface area contributed by atoms with Crippen molar-refractivity contribution in [2.24, 2.45) is 0 Å². The van der Waals surface area contributed by atoms with E-state index in [1.54, 1.807) is 11.9 Å². The topological polar surface area (TPSA) is 79.0 Å². The van der Waals surface area contributed by atoms with E-state index in [0.29, 0.717) is 17.8 Å². The molecule has 2 aliphatic rings. The lowest BCUT2D eigenvalue weighted by Gasteiger charge is -2.33. The van der Waals surface area contributed by atoms with E-state index in [1.165, 1.54) is 4.90 Å². The van der Waals surface area contributed by atoms with Gasteiger partial charge < -0.3 is 15.0 Å². The molecule has 0 aliphatic carbocycles. The fourth-order valence-electron chi connectivity index (χ4n) is 3.15. The molecule has 3 amide bonds. The van der Waals surface area contributed by atoms with Crippen LogP contribution in [0.1, 0.15) is 31.4 Å². The number of ether oxygens (including phenoxy) is 1. The molecule has 1 atom stereocenters. The van der Waals surface area contributed by atoms with Gasteiger partial charge >= 0.3 is 12.0 Å². The van der Waals surface area contributed by atoms with Gasteiger partial charge in [0.2, 0.25) is 5.91 Å². The molecule has 2 heterocycles. The molecule has 7 heteroatoms. The number of amides is 3. The van der Waals surface area contributed by atoms with Crippen molar-refractivity contribution in [2.75, 3.05) is 26.7 Å². The lowest BCUT2D eigenvalue weighted by molar-refractivity contribution is -0.136. The number of rotatable bonds is 6. The zero-order chi connectivity index (χ0) is 18.7. The van der Waals surface area contributed by atoms with Gasteiger partial charge in [-0.25, -0.2) is 9.59 Å². The van der Waals surface area contributed by atoms with Gasteiger partial charge in [0.25, 0.3) is 0 Å². The Labute approximate surface area is 152 Å². The van der Waals surface area contributed by atoms with Crippen molar-refractivity contribution >= 4 is 17.9 Å². The maximum Gasteiger partial charge on any atom is 0.338 e. The summed E-state index contributed by atoms with van der Waals surface area (Å²) in [4.78, 5) is 40.3. The smallest absolute Gasteiger partial charge is 0.338 e. The quantitative estimate of drug-likeness (QED) is 0.788. The van der Waals surface area contributed by atoms with Gasteiger partial charge in [-0.2, -0.15) is 0 Å². The molecule has 138 valence electrons. The largest absolute Gasteiger partial charge is 0.456 e. The average molecular weight is 357 g/mol. The van der Waals surface area contributed by atoms with Gasteiger partial charge in [0, 0.05) is 13.6 Å². The van der Waals surface area contributed by atoms with E-state index in [1.807, 2.05) is 30.3 Å². The first-order valence-corrected chi connectivity index (χ1v) is 8.80. The standard InChI is InChI=1S/C19H23N3O4/c1-3-4-10-21(2)15(23)11-22-14-12-26-18(24)16(14)17(20-19(22)25)13-8-6-5-7-9-13/h5-9,17H,3-4,10-12H2,1-2H3,(H,20,25). The number of cyclic esters (lactones) is 1. The molecule has 7 nitrogen and oxygen atoms in total. The van der Waals surface area contributed by atoms with Gasteiger partial charge in [0.1, 0.15) is 13.2 Å². The van der Waals surface area contributed by atoms with Gasteiger partial charge in [-0.05, 0) is 12.0 Å². The molecule has 0 bridgehead atoms. The van der Waals surface area contributed by atoms with E-state index < -0.39 is 18.0 Å². The average Bonchev–Trinajstić information content (AvgIpc) is 3.04. The number of nitrogens with one attached hydrogen (secondary N) is 1. The summed E-state index contributed by atoms with van der Waals surface area (Å²) >= 11 is 0. The summed E-state index contributed by atoms with van der Waals surface area (Å²) in [6.45, 7) is 2.59. The number of hydrogen-bond acceptors (Lipinski definition) is 4. The van der Waals surface area contributed by atoms with Crippen LogP contribution in [0.5, 0.6) is 0 Å². The zero-order valence-corrected chi connectivity index (χ0v) is 15.0. The third-order valence-corrected chi connectivity index (χ3v) is 4.70. The SMILES string of the molecule is CCCCN(C)C(=O)CN1C(=O)NC(c2ccccc2)C2=C1COC2=O. The molecule has 2 aliphatic heterocycles. The number of benzene rings is 1. The molecule has 1 aromatic rings. The number of unbranched alkanes of at least 4 members (excludes halogenated alkanes) is 1. The summed E-state index contributed by atoms with van der Waals surface area (Å²) in [6, 6.07) is 8.31. The Balaban J connectivity index is 1.85. The molecule has 0 radical (unpaired) electrons. The van der Waals surface area contributed by atoms with Crippen LogP contribution >= 0.6 is 0 Å². The van der Waals surface area contributed by atoms with Crippen LogP contribution < -0.4 is 5.32 Å². The first-order valence-electron chi connectivity index (χ1n) is 8.80. The highest BCUT2D eigenvalue weighted by molar-refractivity contribution is 5.98. The van der Waals surface area contributed by atoms with Gasteiger partial charge in [-0.1, -0.05) is 43.7 Å². The van der Waals surface area contributed by atoms with Crippen LogP contribution in [0.3, 0.4) is 0 Å². The molecular weight excluding hydrogens is 334 g/mol. The highest BCUT2D eigenvalue weighted by Gasteiger charge is 2.42. The minimum atomic E-state index is -0.558. The van der Waals surface area contributed by atoms with E-state index in [4.69, 9.17) is 4.74 Å². The molecule has 26 heavy (non-hydrogen) atoms. The summed E-state index contributed by atoms with van der Waals surface area (Å²) in [5.74, 6) is -0.622. The molecule has 0 saturated carbocycles. The minimum Gasteiger partial charge on any atom is -0.456 e. The van der Waals surface area contributed by atoms with Crippen molar-refractivity contribution < 1.29 is 19.1 Å². The van der Waals surface area contributed by atoms with Crippen molar-refractivity contribution in [3.05, 3.63) is 47.2 Å². The maximum atomic E-state index is 12.6. The molecular formula is C19H23N3O4. The van der Waals surface area contributed by atoms with Crippen LogP contribution in [-0.2, 0) is 14.3 Å². The molecule has 0 saturated heterocycles. The van der Waals surface area contributed by atoms with Crippen LogP contribution in [0.15, 0.2) is 41.6 Å². The van der Waals surface area contributed by atoms with Crippen LogP contribution in [0.4, 0.5) is 4.79 Å². The highest BCUT2D eigenvalue weighted by Crippen LogP contribution is 2.34. The molecule has 1 aromatic carbocycles. The second kappa shape index (κ2) is 7.59. The maximum absolute atomic E-state index is 12.6. The summed E-state index contributed by atoms with van der Waals surface area (Å²) in [5.41, 5.74) is 1.68. The molecule has 3 rings (SSSR count). The van der Waals surface area contributed by atoms with Crippen molar-refractivity contribution in [2.45, 2.75) is 25.8 Å². The molecule has 1 unspecified atom stereocenters. The molecule has 0 spiro atoms. The minimum absolute atomic E-state index is 0.0108. The summed E-state index contributed by atoms with van der Waals surface area (Å²) in [6.07, 6.45) is 1.89. The Bertz CT molecular complexity index is 744. The van der Waals surface area contributed by atoms with Crippen LogP contribution in [-0.4, -0.2) is 54.5 Å². The molecule has 0 aromatic heterocycles. The third kappa shape index (κ3) is 3.42. The normalized spacial score (nSPS) is 19.2. The number of nitrogens with zero attached hydrogens (tertiary/aromatic N) is 2. The first-order chi connectivity index (χ1) is 12.5. The second-order valence-electron chi connectivity index (χ2n) is 6.48. The van der Waals surface area contributed by atoms with E-state index in [0.717, 1.165) is 18.4 Å². The number of likely N-dealkylation sites (N-methyl/N-ethyl adjacent to an activating group) is 1. The number of urea groups is 1. The van der Waals surface area contributed by atoms with Gasteiger partial charge in [-0.15, -0.1) is 0 Å². The Kier molecular flexibility index (Phi) is 5.25. The van der Waals surface area contributed by atoms with Gasteiger partial charge in [0.05, 0.1) is 17.3 Å². The fraction of sp³-hybridized carbons (Fsp3) is 0.421. The monoisotopic (exact) mass is 357 g/mol. The van der Waals surface area contributed by atoms with Gasteiger partial charge in [-0.3, -0.25) is 9.69 Å². The lowest BCUT2D eigenvalue weighted by Crippen LogP contribution is -2.50. The Morgan fingerprint density at radius 2 is 2.04 bits per heavy atom. The Hall–Kier alpha value is -2.83. The number of esters is 1. The van der Waals surface area contributed by atoms with E-state index >= 15 is 0 Å². The predicted molar refractivity (Wildman–Crippen MR) is 95.0 cm³/mol. The van der Waals surface area contributed by atoms with Crippen LogP contribution in [0.2, 0.25) is 0 Å². The van der Waals surface area contributed by atoms with Crippen LogP contribution in [0, 0.1) is 0 Å². The van der Waals surface area contributed by atoms with Crippen molar-refractivity contribution in [3.8, 4) is 0 Å². The summed E-state index contributed by atoms with van der Waals surface area (Å²) < 4.78 is 5.17. The Morgan fingerprint density at radius 1 is 1.31 bits per heavy atom. The molecule has 1 N–H and O–H groups in total. The first kappa shape index (κ1) is 18.0. The van der Waals surface area contributed by atoms with Crippen molar-refractivity contribution in [3.63, 3.8) is 0 Å². The van der Waals surface area contributed by atoms with Crippen molar-refractivity contribution in [1.82, 2.24) is 15.1 Å². The van der Waals surface area contributed by atoms with Gasteiger partial charge in [0.15, 0.2) is 0 Å². The summed E-state index contributed by atoms with van der Waals surface area (Å²) in [5, 5.41) is 2.83. The van der Waals surface area contributed by atoms with E-state index in [-0.39, 0.29) is 19.1 Å². The van der Waals surface area contributed by atoms with Crippen molar-refractivity contribution in [1.29, 1.82) is 0 Å². The highest BCUT2D eigenvalue weighted by atomic mass is 16.5. The fourth-order valence-corrected chi connectivity index (χ4v) is 3.15. The van der Waals surface area contributed by atoms with E-state index in [9.17, 15) is 14.4 Å². The third-order valence-electron chi connectivity index (χ3n) is 4.70. The number of hydrogen-bond donors (Lipinski definition) is 1. The molecule has 0 fully saturated rings. The van der Waals surface area contributed by atoms with Crippen LogP contribution in [0.25, 0.3) is 0 Å². The predicted octanol–water partition coefficient (Wildman–Crippen LogP) is 1.82. The zero-order valence-electron chi connectivity index (χ0n) is 15.0. The van der Waals surface area contributed by atoms with E-state index in [2.05, 4.69) is 12.2 Å². The lowest BCUT2D eigenvalue weighted by atomic mass is 9.96. The number of carbonyl (C=O) groups is 3. The number of carbonyl (C=O) groups excluding carboxylic acids is 3. The summed E-state index contributed by atoms with van der Waals surface area (Å²) in [7, 11) is 1.72.